The molecule has 2 aromatic rings. The van der Waals surface area contributed by atoms with E-state index in [2.05, 4.69) is 53.1 Å². The zero-order chi connectivity index (χ0) is 15.6. The minimum Gasteiger partial charge on any atom is -0.306 e. The van der Waals surface area contributed by atoms with E-state index in [1.165, 1.54) is 6.07 Å². The Morgan fingerprint density at radius 3 is 2.33 bits per heavy atom. The van der Waals surface area contributed by atoms with Gasteiger partial charge in [0.1, 0.15) is 11.6 Å². The number of nitrogens with one attached hydrogen (secondary N) is 1. The van der Waals surface area contributed by atoms with Crippen LogP contribution in [0.5, 0.6) is 0 Å². The van der Waals surface area contributed by atoms with E-state index in [0.717, 1.165) is 20.6 Å². The molecule has 6 heteroatoms. The molecule has 1 nitrogen and oxygen atoms in total. The SMILES string of the molecule is CCNC(c1cc(F)c(Br)cc1F)c1cc(Br)ccc1Br. The van der Waals surface area contributed by atoms with Crippen molar-refractivity contribution in [1.29, 1.82) is 0 Å². The lowest BCUT2D eigenvalue weighted by Gasteiger charge is -2.21. The maximum absolute atomic E-state index is 14.3. The molecule has 2 rings (SSSR count). The molecule has 0 heterocycles. The lowest BCUT2D eigenvalue weighted by Crippen LogP contribution is -2.23. The predicted molar refractivity (Wildman–Crippen MR) is 91.4 cm³/mol. The first-order valence-corrected chi connectivity index (χ1v) is 8.64. The molecule has 0 saturated carbocycles. The van der Waals surface area contributed by atoms with Crippen LogP contribution in [0, 0.1) is 11.6 Å². The topological polar surface area (TPSA) is 12.0 Å². The Morgan fingerprint density at radius 1 is 0.952 bits per heavy atom. The van der Waals surface area contributed by atoms with Gasteiger partial charge in [-0.25, -0.2) is 8.78 Å². The van der Waals surface area contributed by atoms with Crippen molar-refractivity contribution in [3.8, 4) is 0 Å². The Hall–Kier alpha value is -0.300. The van der Waals surface area contributed by atoms with Gasteiger partial charge in [0.2, 0.25) is 0 Å². The Balaban J connectivity index is 2.58. The number of halogens is 5. The highest BCUT2D eigenvalue weighted by Crippen LogP contribution is 2.33. The van der Waals surface area contributed by atoms with E-state index in [0.29, 0.717) is 6.54 Å². The van der Waals surface area contributed by atoms with Crippen LogP contribution in [0.15, 0.2) is 43.7 Å². The van der Waals surface area contributed by atoms with Crippen molar-refractivity contribution >= 4 is 47.8 Å². The monoisotopic (exact) mass is 481 g/mol. The van der Waals surface area contributed by atoms with Crippen LogP contribution in [0.25, 0.3) is 0 Å². The first-order valence-electron chi connectivity index (χ1n) is 6.26. The second kappa shape index (κ2) is 7.31. The van der Waals surface area contributed by atoms with Gasteiger partial charge in [-0.05, 0) is 58.4 Å². The van der Waals surface area contributed by atoms with Gasteiger partial charge in [-0.1, -0.05) is 38.8 Å². The van der Waals surface area contributed by atoms with Crippen LogP contribution in [0.1, 0.15) is 24.1 Å². The fourth-order valence-electron chi connectivity index (χ4n) is 2.09. The second-order valence-corrected chi connectivity index (χ2v) is 7.07. The highest BCUT2D eigenvalue weighted by molar-refractivity contribution is 9.11. The Labute approximate surface area is 147 Å². The van der Waals surface area contributed by atoms with Gasteiger partial charge in [0, 0.05) is 14.5 Å². The lowest BCUT2D eigenvalue weighted by molar-refractivity contribution is 0.541. The van der Waals surface area contributed by atoms with Gasteiger partial charge in [0.25, 0.3) is 0 Å². The lowest BCUT2D eigenvalue weighted by atomic mass is 9.98. The van der Waals surface area contributed by atoms with Crippen molar-refractivity contribution in [2.24, 2.45) is 0 Å². The smallest absolute Gasteiger partial charge is 0.137 e. The summed E-state index contributed by atoms with van der Waals surface area (Å²) >= 11 is 9.88. The normalized spacial score (nSPS) is 12.5. The molecule has 0 amide bonds. The van der Waals surface area contributed by atoms with E-state index < -0.39 is 17.7 Å². The van der Waals surface area contributed by atoms with Crippen molar-refractivity contribution in [3.05, 3.63) is 66.5 Å². The maximum atomic E-state index is 14.3. The summed E-state index contributed by atoms with van der Waals surface area (Å²) in [6, 6.07) is 7.58. The largest absolute Gasteiger partial charge is 0.306 e. The number of benzene rings is 2. The summed E-state index contributed by atoms with van der Waals surface area (Å²) in [4.78, 5) is 0. The fraction of sp³-hybridized carbons (Fsp3) is 0.200. The summed E-state index contributed by atoms with van der Waals surface area (Å²) < 4.78 is 29.9. The molecule has 0 aliphatic carbocycles. The van der Waals surface area contributed by atoms with Gasteiger partial charge in [-0.2, -0.15) is 0 Å². The number of rotatable bonds is 4. The molecule has 0 saturated heterocycles. The predicted octanol–water partition coefficient (Wildman–Crippen LogP) is 5.95. The van der Waals surface area contributed by atoms with E-state index >= 15 is 0 Å². The summed E-state index contributed by atoms with van der Waals surface area (Å²) in [6.45, 7) is 2.55. The molecule has 0 radical (unpaired) electrons. The molecular formula is C15H12Br3F2N. The Kier molecular flexibility index (Phi) is 5.94. The molecule has 0 aromatic heterocycles. The molecule has 0 spiro atoms. The minimum atomic E-state index is -0.486. The average Bonchev–Trinajstić information content (AvgIpc) is 2.43. The summed E-state index contributed by atoms with van der Waals surface area (Å²) in [5, 5.41) is 3.20. The standard InChI is InChI=1S/C15H12Br3F2N/c1-2-21-15(9-5-8(16)3-4-11(9)17)10-6-14(20)12(18)7-13(10)19/h3-7,15,21H,2H2,1H3. The molecule has 1 atom stereocenters. The van der Waals surface area contributed by atoms with Crippen molar-refractivity contribution in [2.45, 2.75) is 13.0 Å². The Morgan fingerprint density at radius 2 is 1.67 bits per heavy atom. The van der Waals surface area contributed by atoms with E-state index in [1.807, 2.05) is 25.1 Å². The van der Waals surface area contributed by atoms with Crippen LogP contribution in [-0.4, -0.2) is 6.54 Å². The molecular weight excluding hydrogens is 472 g/mol. The molecule has 112 valence electrons. The van der Waals surface area contributed by atoms with Gasteiger partial charge < -0.3 is 5.32 Å². The first kappa shape index (κ1) is 17.1. The molecule has 0 bridgehead atoms. The van der Waals surface area contributed by atoms with Gasteiger partial charge in [0.05, 0.1) is 10.5 Å². The molecule has 0 aliphatic rings. The first-order chi connectivity index (χ1) is 9.93. The third-order valence-electron chi connectivity index (χ3n) is 3.03. The summed E-state index contributed by atoms with van der Waals surface area (Å²) in [5.41, 5.74) is 1.11. The fourth-order valence-corrected chi connectivity index (χ4v) is 3.26. The van der Waals surface area contributed by atoms with Gasteiger partial charge in [0.15, 0.2) is 0 Å². The van der Waals surface area contributed by atoms with Gasteiger partial charge in [-0.3, -0.25) is 0 Å². The highest BCUT2D eigenvalue weighted by Gasteiger charge is 2.21. The van der Waals surface area contributed by atoms with Crippen LogP contribution < -0.4 is 5.32 Å². The molecule has 21 heavy (non-hydrogen) atoms. The van der Waals surface area contributed by atoms with Crippen LogP contribution in [0.4, 0.5) is 8.78 Å². The van der Waals surface area contributed by atoms with Crippen LogP contribution in [0.3, 0.4) is 0 Å². The third kappa shape index (κ3) is 3.92. The summed E-state index contributed by atoms with van der Waals surface area (Å²) in [7, 11) is 0. The van der Waals surface area contributed by atoms with Gasteiger partial charge >= 0.3 is 0 Å². The number of hydrogen-bond acceptors (Lipinski definition) is 1. The molecule has 0 fully saturated rings. The average molecular weight is 484 g/mol. The zero-order valence-corrected chi connectivity index (χ0v) is 15.8. The van der Waals surface area contributed by atoms with E-state index in [9.17, 15) is 8.78 Å². The molecule has 2 aromatic carbocycles. The van der Waals surface area contributed by atoms with Gasteiger partial charge in [-0.15, -0.1) is 0 Å². The van der Waals surface area contributed by atoms with Crippen molar-refractivity contribution in [2.75, 3.05) is 6.54 Å². The van der Waals surface area contributed by atoms with E-state index in [1.54, 1.807) is 0 Å². The third-order valence-corrected chi connectivity index (χ3v) is 4.85. The molecule has 0 aliphatic heterocycles. The summed E-state index contributed by atoms with van der Waals surface area (Å²) in [6.07, 6.45) is 0. The highest BCUT2D eigenvalue weighted by atomic mass is 79.9. The zero-order valence-electron chi connectivity index (χ0n) is 11.1. The van der Waals surface area contributed by atoms with Crippen LogP contribution >= 0.6 is 47.8 Å². The van der Waals surface area contributed by atoms with Crippen molar-refractivity contribution < 1.29 is 8.78 Å². The Bertz CT molecular complexity index is 662. The van der Waals surface area contributed by atoms with E-state index in [4.69, 9.17) is 0 Å². The molecule has 1 N–H and O–H groups in total. The quantitative estimate of drug-likeness (QED) is 0.530. The molecule has 1 unspecified atom stereocenters. The van der Waals surface area contributed by atoms with Crippen molar-refractivity contribution in [3.63, 3.8) is 0 Å². The van der Waals surface area contributed by atoms with Crippen LogP contribution in [0.2, 0.25) is 0 Å². The van der Waals surface area contributed by atoms with E-state index in [-0.39, 0.29) is 10.0 Å². The maximum Gasteiger partial charge on any atom is 0.137 e. The second-order valence-electron chi connectivity index (χ2n) is 4.44. The minimum absolute atomic E-state index is 0.118. The summed E-state index contributed by atoms with van der Waals surface area (Å²) in [5.74, 6) is -0.943. The van der Waals surface area contributed by atoms with Crippen molar-refractivity contribution in [1.82, 2.24) is 5.32 Å². The number of hydrogen-bond donors (Lipinski definition) is 1. The van der Waals surface area contributed by atoms with Crippen LogP contribution in [-0.2, 0) is 0 Å².